The Morgan fingerprint density at radius 2 is 1.88 bits per heavy atom. The van der Waals surface area contributed by atoms with Crippen LogP contribution in [-0.4, -0.2) is 18.8 Å². The zero-order valence-corrected chi connectivity index (χ0v) is 9.91. The SMILES string of the molecule is c1ccc2c(c1)NC1(O2)C2CCCC1CNC2. The number of rotatable bonds is 0. The molecule has 2 atom stereocenters. The smallest absolute Gasteiger partial charge is 0.188 e. The van der Waals surface area contributed by atoms with E-state index in [4.69, 9.17) is 4.74 Å². The number of para-hydroxylation sites is 2. The minimum Gasteiger partial charge on any atom is -0.465 e. The highest BCUT2D eigenvalue weighted by atomic mass is 16.5. The molecule has 0 amide bonds. The van der Waals surface area contributed by atoms with Crippen LogP contribution in [0.25, 0.3) is 0 Å². The third-order valence-corrected chi connectivity index (χ3v) is 4.60. The molecule has 1 saturated carbocycles. The molecule has 1 aromatic carbocycles. The van der Waals surface area contributed by atoms with Crippen molar-refractivity contribution < 1.29 is 4.74 Å². The van der Waals surface area contributed by atoms with E-state index < -0.39 is 0 Å². The number of anilines is 1. The molecular weight excluding hydrogens is 212 g/mol. The van der Waals surface area contributed by atoms with Gasteiger partial charge in [-0.05, 0) is 25.0 Å². The second-order valence-electron chi connectivity index (χ2n) is 5.50. The molecule has 4 rings (SSSR count). The lowest BCUT2D eigenvalue weighted by atomic mass is 9.71. The minimum absolute atomic E-state index is 0.118. The zero-order chi connectivity index (χ0) is 11.3. The van der Waals surface area contributed by atoms with Crippen molar-refractivity contribution in [2.45, 2.75) is 25.0 Å². The molecule has 17 heavy (non-hydrogen) atoms. The van der Waals surface area contributed by atoms with E-state index in [1.54, 1.807) is 0 Å². The van der Waals surface area contributed by atoms with Crippen molar-refractivity contribution in [3.63, 3.8) is 0 Å². The van der Waals surface area contributed by atoms with Crippen LogP contribution in [0.3, 0.4) is 0 Å². The summed E-state index contributed by atoms with van der Waals surface area (Å²) in [5.74, 6) is 2.23. The highest BCUT2D eigenvalue weighted by molar-refractivity contribution is 5.62. The van der Waals surface area contributed by atoms with Crippen molar-refractivity contribution in [2.24, 2.45) is 11.8 Å². The Balaban J connectivity index is 1.75. The number of hydrogen-bond donors (Lipinski definition) is 2. The Labute approximate surface area is 102 Å². The van der Waals surface area contributed by atoms with E-state index in [0.717, 1.165) is 18.8 Å². The summed E-state index contributed by atoms with van der Waals surface area (Å²) in [5.41, 5.74) is 1.05. The fourth-order valence-electron chi connectivity index (χ4n) is 3.76. The van der Waals surface area contributed by atoms with Gasteiger partial charge in [0.15, 0.2) is 5.72 Å². The largest absolute Gasteiger partial charge is 0.465 e. The molecule has 2 aliphatic heterocycles. The Morgan fingerprint density at radius 1 is 1.12 bits per heavy atom. The first kappa shape index (κ1) is 9.77. The van der Waals surface area contributed by atoms with Crippen LogP contribution in [-0.2, 0) is 0 Å². The molecule has 1 aliphatic carbocycles. The Morgan fingerprint density at radius 3 is 2.65 bits per heavy atom. The van der Waals surface area contributed by atoms with Gasteiger partial charge in [-0.2, -0.15) is 0 Å². The van der Waals surface area contributed by atoms with E-state index >= 15 is 0 Å². The molecule has 1 saturated heterocycles. The standard InChI is InChI=1S/C14H18N2O/c1-2-7-13-12(6-1)16-14(17-13)10-4-3-5-11(14)9-15-8-10/h1-2,6-7,10-11,15-16H,3-5,8-9H2. The van der Waals surface area contributed by atoms with Crippen molar-refractivity contribution in [1.29, 1.82) is 0 Å². The van der Waals surface area contributed by atoms with Gasteiger partial charge in [0, 0.05) is 24.9 Å². The van der Waals surface area contributed by atoms with Crippen molar-refractivity contribution in [1.82, 2.24) is 5.32 Å². The van der Waals surface area contributed by atoms with Crippen LogP contribution in [0, 0.1) is 11.8 Å². The number of nitrogens with one attached hydrogen (secondary N) is 2. The predicted molar refractivity (Wildman–Crippen MR) is 67.1 cm³/mol. The molecule has 0 radical (unpaired) electrons. The summed E-state index contributed by atoms with van der Waals surface area (Å²) < 4.78 is 6.35. The maximum Gasteiger partial charge on any atom is 0.188 e. The molecule has 2 fully saturated rings. The van der Waals surface area contributed by atoms with E-state index in [1.807, 2.05) is 0 Å². The summed E-state index contributed by atoms with van der Waals surface area (Å²) in [6, 6.07) is 8.33. The number of piperidine rings is 1. The molecule has 3 heteroatoms. The topological polar surface area (TPSA) is 33.3 Å². The zero-order valence-electron chi connectivity index (χ0n) is 9.91. The van der Waals surface area contributed by atoms with Crippen molar-refractivity contribution in [2.75, 3.05) is 18.4 Å². The third-order valence-electron chi connectivity index (χ3n) is 4.60. The third kappa shape index (κ3) is 1.26. The van der Waals surface area contributed by atoms with Crippen LogP contribution in [0.5, 0.6) is 5.75 Å². The Bertz CT molecular complexity index is 397. The van der Waals surface area contributed by atoms with Crippen LogP contribution < -0.4 is 15.4 Å². The van der Waals surface area contributed by atoms with Gasteiger partial charge in [0.25, 0.3) is 0 Å². The van der Waals surface area contributed by atoms with E-state index in [0.29, 0.717) is 11.8 Å². The minimum atomic E-state index is -0.118. The second-order valence-corrected chi connectivity index (χ2v) is 5.50. The summed E-state index contributed by atoms with van der Waals surface area (Å²) in [4.78, 5) is 0. The number of benzene rings is 1. The van der Waals surface area contributed by atoms with Crippen LogP contribution in [0.2, 0.25) is 0 Å². The van der Waals surface area contributed by atoms with E-state index in [2.05, 4.69) is 34.9 Å². The van der Waals surface area contributed by atoms with Crippen molar-refractivity contribution in [3.05, 3.63) is 24.3 Å². The first-order valence-corrected chi connectivity index (χ1v) is 6.65. The van der Waals surface area contributed by atoms with Crippen molar-refractivity contribution in [3.8, 4) is 5.75 Å². The summed E-state index contributed by atoms with van der Waals surface area (Å²) in [5, 5.41) is 7.23. The highest BCUT2D eigenvalue weighted by Crippen LogP contribution is 2.49. The van der Waals surface area contributed by atoms with Gasteiger partial charge < -0.3 is 15.4 Å². The maximum atomic E-state index is 6.35. The molecule has 3 nitrogen and oxygen atoms in total. The Kier molecular flexibility index (Phi) is 1.95. The van der Waals surface area contributed by atoms with Crippen LogP contribution >= 0.6 is 0 Å². The second kappa shape index (κ2) is 3.39. The molecule has 3 aliphatic rings. The summed E-state index contributed by atoms with van der Waals surface area (Å²) in [6.07, 6.45) is 3.88. The van der Waals surface area contributed by atoms with Gasteiger partial charge in [-0.3, -0.25) is 0 Å². The predicted octanol–water partition coefficient (Wildman–Crippen LogP) is 2.21. The molecule has 2 unspecified atom stereocenters. The van der Waals surface area contributed by atoms with E-state index in [9.17, 15) is 0 Å². The summed E-state index contributed by atoms with van der Waals surface area (Å²) >= 11 is 0. The number of ether oxygens (including phenoxy) is 1. The summed E-state index contributed by atoms with van der Waals surface area (Å²) in [6.45, 7) is 2.16. The average molecular weight is 230 g/mol. The lowest BCUT2D eigenvalue weighted by Crippen LogP contribution is -2.64. The van der Waals surface area contributed by atoms with Gasteiger partial charge in [-0.25, -0.2) is 0 Å². The first-order chi connectivity index (χ1) is 8.38. The van der Waals surface area contributed by atoms with Crippen LogP contribution in [0.4, 0.5) is 5.69 Å². The number of fused-ring (bicyclic) bond motifs is 1. The summed E-state index contributed by atoms with van der Waals surface area (Å²) in [7, 11) is 0. The fourth-order valence-corrected chi connectivity index (χ4v) is 3.76. The number of hydrogen-bond acceptors (Lipinski definition) is 3. The maximum absolute atomic E-state index is 6.35. The normalized spacial score (nSPS) is 38.4. The molecule has 2 heterocycles. The van der Waals surface area contributed by atoms with Crippen molar-refractivity contribution >= 4 is 5.69 Å². The van der Waals surface area contributed by atoms with Gasteiger partial charge in [-0.1, -0.05) is 18.6 Å². The molecule has 90 valence electrons. The molecule has 0 aromatic heterocycles. The molecular formula is C14H18N2O. The first-order valence-electron chi connectivity index (χ1n) is 6.65. The fraction of sp³-hybridized carbons (Fsp3) is 0.571. The molecule has 1 aromatic rings. The molecule has 2 N–H and O–H groups in total. The highest BCUT2D eigenvalue weighted by Gasteiger charge is 2.54. The quantitative estimate of drug-likeness (QED) is 0.717. The van der Waals surface area contributed by atoms with Gasteiger partial charge in [-0.15, -0.1) is 0 Å². The lowest BCUT2D eigenvalue weighted by Gasteiger charge is -2.50. The van der Waals surface area contributed by atoms with Gasteiger partial charge in [0.05, 0.1) is 5.69 Å². The van der Waals surface area contributed by atoms with Crippen LogP contribution in [0.15, 0.2) is 24.3 Å². The van der Waals surface area contributed by atoms with E-state index in [-0.39, 0.29) is 5.72 Å². The van der Waals surface area contributed by atoms with Gasteiger partial charge in [0.2, 0.25) is 0 Å². The van der Waals surface area contributed by atoms with Gasteiger partial charge >= 0.3 is 0 Å². The monoisotopic (exact) mass is 230 g/mol. The van der Waals surface area contributed by atoms with Crippen LogP contribution in [0.1, 0.15) is 19.3 Å². The average Bonchev–Trinajstić information content (AvgIpc) is 2.67. The lowest BCUT2D eigenvalue weighted by molar-refractivity contribution is -0.0550. The molecule has 2 bridgehead atoms. The molecule has 1 spiro atoms. The Hall–Kier alpha value is -1.22. The van der Waals surface area contributed by atoms with E-state index in [1.165, 1.54) is 24.9 Å². The van der Waals surface area contributed by atoms with Gasteiger partial charge in [0.1, 0.15) is 5.75 Å².